The molecule has 0 aliphatic carbocycles. The number of para-hydroxylation sites is 1. The third-order valence-electron chi connectivity index (χ3n) is 7.47. The van der Waals surface area contributed by atoms with E-state index in [1.54, 1.807) is 6.20 Å². The van der Waals surface area contributed by atoms with Crippen molar-refractivity contribution in [3.8, 4) is 0 Å². The molecule has 2 unspecified atom stereocenters. The number of fused-ring (bicyclic) bond motifs is 1. The summed E-state index contributed by atoms with van der Waals surface area (Å²) in [6, 6.07) is 12.1. The molecule has 0 radical (unpaired) electrons. The molecule has 0 aliphatic rings. The average molecular weight is 637 g/mol. The van der Waals surface area contributed by atoms with Gasteiger partial charge in [0.25, 0.3) is 0 Å². The standard InChI is InChI=1S/C32H45N9O5/c33-15-7-6-13-26(31(45)46)40-30(44)27(18-21-19-38-24-12-5-4-11-22(21)24)41-29(43)25(14-8-16-37-32(35)36)39-28(42)23(34)17-20-9-2-1-3-10-20/h1-5,9-12,19,23,25-27,38H,6-8,13-18,33-34H2,(H,39,42)(H,40,44)(H,41,43)(H,45,46)(H4,35,36,37)/t23?,25-,26-,27?/m0/s1/i/hD. The predicted octanol–water partition coefficient (Wildman–Crippen LogP) is 0.00200. The minimum atomic E-state index is -1.20. The molecule has 3 amide bonds. The number of aromatic nitrogens is 1. The number of unbranched alkanes of at least 4 members (excludes halogenated alkanes) is 1. The van der Waals surface area contributed by atoms with E-state index in [9.17, 15) is 24.3 Å². The Kier molecular flexibility index (Phi) is 13.4. The van der Waals surface area contributed by atoms with Crippen molar-refractivity contribution in [2.75, 3.05) is 13.1 Å². The van der Waals surface area contributed by atoms with Crippen molar-refractivity contribution < 1.29 is 25.7 Å². The zero-order chi connectivity index (χ0) is 34.2. The summed E-state index contributed by atoms with van der Waals surface area (Å²) in [6.07, 6.45) is 3.65. The van der Waals surface area contributed by atoms with Crippen LogP contribution in [0.2, 0.25) is 1.41 Å². The number of aromatic amines is 1. The zero-order valence-corrected chi connectivity index (χ0v) is 25.7. The smallest absolute Gasteiger partial charge is 0.326 e. The second kappa shape index (κ2) is 18.1. The first kappa shape index (κ1) is 33.9. The first-order valence-corrected chi connectivity index (χ1v) is 15.3. The number of carboxylic acid groups (broad SMARTS) is 1. The highest BCUT2D eigenvalue weighted by molar-refractivity contribution is 5.95. The van der Waals surface area contributed by atoms with E-state index >= 15 is 0 Å². The van der Waals surface area contributed by atoms with Gasteiger partial charge in [0, 0.05) is 30.1 Å². The summed E-state index contributed by atoms with van der Waals surface area (Å²) in [4.78, 5) is 59.8. The van der Waals surface area contributed by atoms with Crippen molar-refractivity contribution in [2.24, 2.45) is 27.9 Å². The largest absolute Gasteiger partial charge is 0.480 e. The highest BCUT2D eigenvalue weighted by Crippen LogP contribution is 2.19. The Hall–Kier alpha value is -4.95. The molecule has 46 heavy (non-hydrogen) atoms. The Balaban J connectivity index is 1.85. The van der Waals surface area contributed by atoms with Gasteiger partial charge in [0.15, 0.2) is 5.96 Å². The quantitative estimate of drug-likeness (QED) is 0.0459. The SMILES string of the molecule is [2H]NC(Cc1ccccc1)C(=O)N[C@@H](CCCN=C(N)N)C(=O)NC(Cc1c[nH]c2ccccc12)C(=O)N[C@@H](CCCCN)C(=O)O. The van der Waals surface area contributed by atoms with Gasteiger partial charge < -0.3 is 49.0 Å². The number of aliphatic carboxylic acids is 1. The van der Waals surface area contributed by atoms with Gasteiger partial charge in [-0.2, -0.15) is 0 Å². The van der Waals surface area contributed by atoms with Crippen LogP contribution >= 0.6 is 0 Å². The third kappa shape index (κ3) is 11.2. The first-order valence-electron chi connectivity index (χ1n) is 15.8. The van der Waals surface area contributed by atoms with Gasteiger partial charge in [-0.15, -0.1) is 0 Å². The van der Waals surface area contributed by atoms with Crippen LogP contribution in [0.1, 0.15) is 43.2 Å². The van der Waals surface area contributed by atoms with Crippen molar-refractivity contribution in [3.63, 3.8) is 0 Å². The van der Waals surface area contributed by atoms with Crippen LogP contribution in [0.15, 0.2) is 65.8 Å². The van der Waals surface area contributed by atoms with E-state index in [1.165, 1.54) is 0 Å². The number of hydrogen-bond acceptors (Lipinski definition) is 7. The molecule has 0 spiro atoms. The van der Waals surface area contributed by atoms with E-state index in [0.717, 1.165) is 22.0 Å². The number of nitrogens with zero attached hydrogens (tertiary/aromatic N) is 1. The molecule has 248 valence electrons. The topological polar surface area (TPSA) is 257 Å². The second-order valence-electron chi connectivity index (χ2n) is 11.1. The van der Waals surface area contributed by atoms with Crippen LogP contribution < -0.4 is 38.9 Å². The molecule has 0 fully saturated rings. The van der Waals surface area contributed by atoms with E-state index in [0.29, 0.717) is 25.8 Å². The second-order valence-corrected chi connectivity index (χ2v) is 11.1. The van der Waals surface area contributed by atoms with Crippen LogP contribution in [0.4, 0.5) is 0 Å². The van der Waals surface area contributed by atoms with Crippen LogP contribution in [-0.4, -0.2) is 77.0 Å². The molecule has 1 heterocycles. The summed E-state index contributed by atoms with van der Waals surface area (Å²) in [7, 11) is 0. The van der Waals surface area contributed by atoms with Crippen molar-refractivity contribution >= 4 is 40.6 Å². The van der Waals surface area contributed by atoms with Gasteiger partial charge in [-0.3, -0.25) is 19.4 Å². The lowest BCUT2D eigenvalue weighted by Crippen LogP contribution is -2.57. The lowest BCUT2D eigenvalue weighted by molar-refractivity contribution is -0.142. The Morgan fingerprint density at radius 3 is 2.17 bits per heavy atom. The van der Waals surface area contributed by atoms with Crippen LogP contribution in [0, 0.1) is 0 Å². The molecule has 3 aromatic rings. The fraction of sp³-hybridized carbons (Fsp3) is 0.406. The minimum Gasteiger partial charge on any atom is -0.480 e. The number of benzene rings is 2. The molecule has 0 saturated heterocycles. The number of amides is 3. The fourth-order valence-electron chi connectivity index (χ4n) is 5.01. The number of aliphatic imine (C=N–C) groups is 1. The first-order chi connectivity index (χ1) is 22.6. The van der Waals surface area contributed by atoms with Gasteiger partial charge in [-0.1, -0.05) is 48.5 Å². The van der Waals surface area contributed by atoms with Crippen molar-refractivity contribution in [3.05, 3.63) is 71.9 Å². The molecular formula is C32H45N9O5. The van der Waals surface area contributed by atoms with Gasteiger partial charge in [0.1, 0.15) is 19.5 Å². The molecule has 0 aliphatic heterocycles. The Bertz CT molecular complexity index is 1500. The van der Waals surface area contributed by atoms with Gasteiger partial charge in [0.05, 0.1) is 6.04 Å². The maximum absolute atomic E-state index is 13.8. The third-order valence-corrected chi connectivity index (χ3v) is 7.47. The summed E-state index contributed by atoms with van der Waals surface area (Å²) in [5.74, 6) is -3.27. The van der Waals surface area contributed by atoms with E-state index < -0.39 is 47.9 Å². The molecule has 0 bridgehead atoms. The zero-order valence-electron chi connectivity index (χ0n) is 26.7. The summed E-state index contributed by atoms with van der Waals surface area (Å²) >= 11 is 0. The number of carboxylic acids is 1. The van der Waals surface area contributed by atoms with Crippen LogP contribution in [-0.2, 0) is 32.0 Å². The van der Waals surface area contributed by atoms with Gasteiger partial charge in [-0.25, -0.2) is 4.79 Å². The molecular weight excluding hydrogens is 590 g/mol. The highest BCUT2D eigenvalue weighted by atomic mass is 16.4. The lowest BCUT2D eigenvalue weighted by Gasteiger charge is -2.25. The molecule has 14 heteroatoms. The number of hydrogen-bond donors (Lipinski definition) is 9. The Morgan fingerprint density at radius 1 is 0.826 bits per heavy atom. The lowest BCUT2D eigenvalue weighted by atomic mass is 10.0. The number of nitrogens with two attached hydrogens (primary N) is 4. The molecule has 1 aromatic heterocycles. The van der Waals surface area contributed by atoms with Crippen LogP contribution in [0.25, 0.3) is 10.9 Å². The minimum absolute atomic E-state index is 0.0380. The molecule has 0 saturated carbocycles. The molecule has 13 N–H and O–H groups in total. The van der Waals surface area contributed by atoms with Crippen LogP contribution in [0.3, 0.4) is 0 Å². The highest BCUT2D eigenvalue weighted by Gasteiger charge is 2.31. The predicted molar refractivity (Wildman–Crippen MR) is 176 cm³/mol. The number of guanidine groups is 1. The number of carbonyl (C=O) groups excluding carboxylic acids is 3. The van der Waals surface area contributed by atoms with Gasteiger partial charge in [0.2, 0.25) is 17.7 Å². The Labute approximate surface area is 269 Å². The average Bonchev–Trinajstić information content (AvgIpc) is 3.46. The number of nitrogens with one attached hydrogen (secondary N) is 4. The van der Waals surface area contributed by atoms with E-state index in [1.807, 2.05) is 54.6 Å². The number of H-pyrrole nitrogens is 1. The van der Waals surface area contributed by atoms with Crippen molar-refractivity contribution in [2.45, 2.75) is 69.1 Å². The molecule has 14 nitrogen and oxygen atoms in total. The maximum atomic E-state index is 13.8. The molecule has 2 aromatic carbocycles. The van der Waals surface area contributed by atoms with E-state index in [-0.39, 0.29) is 38.2 Å². The molecule has 4 atom stereocenters. The monoisotopic (exact) mass is 636 g/mol. The maximum Gasteiger partial charge on any atom is 0.326 e. The summed E-state index contributed by atoms with van der Waals surface area (Å²) in [5.41, 5.74) is 21.1. The number of carbonyl (C=O) groups is 4. The summed E-state index contributed by atoms with van der Waals surface area (Å²) in [5, 5.41) is 18.6. The van der Waals surface area contributed by atoms with Crippen molar-refractivity contribution in [1.82, 2.24) is 20.9 Å². The summed E-state index contributed by atoms with van der Waals surface area (Å²) < 4.78 is 7.74. The van der Waals surface area contributed by atoms with Gasteiger partial charge >= 0.3 is 5.97 Å². The van der Waals surface area contributed by atoms with Crippen LogP contribution in [0.5, 0.6) is 0 Å². The Morgan fingerprint density at radius 2 is 1.48 bits per heavy atom. The molecule has 3 rings (SSSR count). The van der Waals surface area contributed by atoms with E-state index in [2.05, 4.69) is 31.7 Å². The van der Waals surface area contributed by atoms with Gasteiger partial charge in [-0.05, 0) is 62.3 Å². The number of rotatable bonds is 20. The fourth-order valence-corrected chi connectivity index (χ4v) is 5.01. The summed E-state index contributed by atoms with van der Waals surface area (Å²) in [6.45, 7) is 0.576. The van der Waals surface area contributed by atoms with Crippen molar-refractivity contribution in [1.29, 1.82) is 0 Å². The van der Waals surface area contributed by atoms with E-state index in [4.69, 9.17) is 18.6 Å². The normalized spacial score (nSPS) is 13.9.